The minimum atomic E-state index is -1.09. The Labute approximate surface area is 178 Å². The van der Waals surface area contributed by atoms with Gasteiger partial charge in [-0.3, -0.25) is 9.69 Å². The van der Waals surface area contributed by atoms with Crippen molar-refractivity contribution in [2.45, 2.75) is 63.4 Å². The normalized spacial score (nSPS) is 28.5. The van der Waals surface area contributed by atoms with E-state index >= 15 is 0 Å². The first-order valence-corrected chi connectivity index (χ1v) is 10.1. The van der Waals surface area contributed by atoms with Gasteiger partial charge in [0, 0.05) is 19.9 Å². The predicted molar refractivity (Wildman–Crippen MR) is 111 cm³/mol. The summed E-state index contributed by atoms with van der Waals surface area (Å²) in [7, 11) is 4.84. The highest BCUT2D eigenvalue weighted by Crippen LogP contribution is 2.44. The molecule has 1 amide bonds. The molecule has 8 nitrogen and oxygen atoms in total. The number of anilines is 1. The number of hydrogen-bond acceptors (Lipinski definition) is 7. The number of methoxy groups -OCH3 is 3. The van der Waals surface area contributed by atoms with Crippen molar-refractivity contribution in [2.75, 3.05) is 39.4 Å². The molecule has 2 heterocycles. The molecule has 0 spiro atoms. The number of benzene rings is 1. The largest absolute Gasteiger partial charge is 0.497 e. The fraction of sp³-hybridized carbons (Fsp3) is 0.682. The maximum atomic E-state index is 13.1. The zero-order valence-electron chi connectivity index (χ0n) is 18.8. The predicted octanol–water partition coefficient (Wildman–Crippen LogP) is 2.39. The van der Waals surface area contributed by atoms with Crippen LogP contribution in [0.25, 0.3) is 0 Å². The van der Waals surface area contributed by atoms with Crippen LogP contribution in [0.2, 0.25) is 0 Å². The number of amides is 1. The van der Waals surface area contributed by atoms with Crippen LogP contribution >= 0.6 is 0 Å². The lowest BCUT2D eigenvalue weighted by atomic mass is 9.88. The molecule has 30 heavy (non-hydrogen) atoms. The lowest BCUT2D eigenvalue weighted by molar-refractivity contribution is -0.227. The number of hydrogen-bond donors (Lipinski definition) is 0. The molecule has 0 bridgehead atoms. The molecule has 0 saturated carbocycles. The first-order chi connectivity index (χ1) is 14.1. The lowest BCUT2D eigenvalue weighted by Crippen LogP contribution is -2.75. The number of ether oxygens (including phenoxy) is 6. The highest BCUT2D eigenvalue weighted by Gasteiger charge is 2.63. The number of nitrogens with zero attached hydrogens (tertiary/aromatic N) is 1. The van der Waals surface area contributed by atoms with Crippen LogP contribution in [0.15, 0.2) is 24.3 Å². The summed E-state index contributed by atoms with van der Waals surface area (Å²) in [6.07, 6.45) is -1.33. The van der Waals surface area contributed by atoms with Crippen molar-refractivity contribution in [3.63, 3.8) is 0 Å². The van der Waals surface area contributed by atoms with Gasteiger partial charge in [0.1, 0.15) is 24.0 Å². The summed E-state index contributed by atoms with van der Waals surface area (Å²) >= 11 is 0. The molecule has 4 atom stereocenters. The van der Waals surface area contributed by atoms with Crippen LogP contribution < -0.4 is 9.64 Å². The van der Waals surface area contributed by atoms with Gasteiger partial charge >= 0.3 is 0 Å². The van der Waals surface area contributed by atoms with E-state index in [1.807, 2.05) is 52.0 Å². The minimum absolute atomic E-state index is 0.132. The van der Waals surface area contributed by atoms with E-state index < -0.39 is 23.5 Å². The van der Waals surface area contributed by atoms with E-state index in [0.29, 0.717) is 19.0 Å². The van der Waals surface area contributed by atoms with Gasteiger partial charge in [0.25, 0.3) is 5.91 Å². The highest BCUT2D eigenvalue weighted by molar-refractivity contribution is 6.05. The van der Waals surface area contributed by atoms with Gasteiger partial charge in [-0.2, -0.15) is 0 Å². The van der Waals surface area contributed by atoms with Crippen molar-refractivity contribution in [3.8, 4) is 5.75 Å². The topological polar surface area (TPSA) is 75.7 Å². The van der Waals surface area contributed by atoms with E-state index in [1.165, 1.54) is 0 Å². The summed E-state index contributed by atoms with van der Waals surface area (Å²) in [5.74, 6) is -0.506. The number of β-lactam (4-membered cyclic amide) rings is 1. The Hall–Kier alpha value is -1.71. The maximum absolute atomic E-state index is 13.1. The molecule has 2 saturated heterocycles. The van der Waals surface area contributed by atoms with E-state index in [4.69, 9.17) is 28.4 Å². The quantitative estimate of drug-likeness (QED) is 0.594. The van der Waals surface area contributed by atoms with Crippen LogP contribution in [0.5, 0.6) is 5.75 Å². The molecular formula is C22H33NO7. The van der Waals surface area contributed by atoms with E-state index in [2.05, 4.69) is 0 Å². The van der Waals surface area contributed by atoms with Gasteiger partial charge < -0.3 is 28.4 Å². The van der Waals surface area contributed by atoms with Gasteiger partial charge in [0.15, 0.2) is 11.9 Å². The zero-order chi connectivity index (χ0) is 22.1. The summed E-state index contributed by atoms with van der Waals surface area (Å²) in [6, 6.07) is 6.84. The van der Waals surface area contributed by atoms with E-state index in [9.17, 15) is 4.79 Å². The summed E-state index contributed by atoms with van der Waals surface area (Å²) in [4.78, 5) is 14.8. The molecule has 3 rings (SSSR count). The molecule has 2 aliphatic rings. The summed E-state index contributed by atoms with van der Waals surface area (Å²) in [6.45, 7) is 8.34. The lowest BCUT2D eigenvalue weighted by Gasteiger charge is -2.53. The Morgan fingerprint density at radius 2 is 1.53 bits per heavy atom. The third-order valence-electron chi connectivity index (χ3n) is 5.26. The van der Waals surface area contributed by atoms with Crippen molar-refractivity contribution in [2.24, 2.45) is 0 Å². The Kier molecular flexibility index (Phi) is 6.74. The third kappa shape index (κ3) is 4.48. The van der Waals surface area contributed by atoms with Gasteiger partial charge in [-0.05, 0) is 52.0 Å². The summed E-state index contributed by atoms with van der Waals surface area (Å²) < 4.78 is 34.6. The molecule has 0 aliphatic carbocycles. The molecule has 2 fully saturated rings. The first-order valence-electron chi connectivity index (χ1n) is 10.1. The second-order valence-corrected chi connectivity index (χ2v) is 8.74. The van der Waals surface area contributed by atoms with Gasteiger partial charge in [0.2, 0.25) is 0 Å². The molecule has 1 aromatic rings. The van der Waals surface area contributed by atoms with Crippen LogP contribution in [-0.4, -0.2) is 76.2 Å². The standard InChI is InChI=1S/C22H33NO7/c1-21(2,3)30-18-19(22(4)28-16(12-25-5)17(29-22)13-26-6)23(20(18)24)14-8-10-15(27-7)11-9-14/h8-11,16-19H,12-13H2,1-7H3/t16-,17-,18+,19+/m0/s1. The Bertz CT molecular complexity index is 716. The zero-order valence-corrected chi connectivity index (χ0v) is 18.8. The molecule has 1 aromatic carbocycles. The van der Waals surface area contributed by atoms with Crippen LogP contribution in [-0.2, 0) is 28.5 Å². The van der Waals surface area contributed by atoms with Gasteiger partial charge in [-0.15, -0.1) is 0 Å². The maximum Gasteiger partial charge on any atom is 0.259 e. The Balaban J connectivity index is 1.93. The van der Waals surface area contributed by atoms with Crippen LogP contribution in [0.3, 0.4) is 0 Å². The Morgan fingerprint density at radius 1 is 1.00 bits per heavy atom. The van der Waals surface area contributed by atoms with Crippen molar-refractivity contribution in [3.05, 3.63) is 24.3 Å². The third-order valence-corrected chi connectivity index (χ3v) is 5.26. The minimum Gasteiger partial charge on any atom is -0.497 e. The van der Waals surface area contributed by atoms with Crippen LogP contribution in [0.1, 0.15) is 27.7 Å². The molecule has 8 heteroatoms. The number of carbonyl (C=O) groups excluding carboxylic acids is 1. The van der Waals surface area contributed by atoms with Crippen LogP contribution in [0, 0.1) is 0 Å². The molecule has 0 radical (unpaired) electrons. The SMILES string of the molecule is COC[C@@H]1OC(C)([C@H]2[C@@H](OC(C)(C)C)C(=O)N2c2ccc(OC)cc2)O[C@H]1COC. The average molecular weight is 424 g/mol. The van der Waals surface area contributed by atoms with E-state index in [0.717, 1.165) is 5.69 Å². The van der Waals surface area contributed by atoms with Crippen molar-refractivity contribution in [1.29, 1.82) is 0 Å². The molecule has 2 aliphatic heterocycles. The monoisotopic (exact) mass is 423 g/mol. The van der Waals surface area contributed by atoms with E-state index in [-0.39, 0.29) is 18.1 Å². The summed E-state index contributed by atoms with van der Waals surface area (Å²) in [5.41, 5.74) is 0.226. The van der Waals surface area contributed by atoms with Gasteiger partial charge in [-0.25, -0.2) is 0 Å². The fourth-order valence-corrected chi connectivity index (χ4v) is 4.03. The van der Waals surface area contributed by atoms with Crippen molar-refractivity contribution >= 4 is 11.6 Å². The Morgan fingerprint density at radius 3 is 1.97 bits per heavy atom. The van der Waals surface area contributed by atoms with Crippen LogP contribution in [0.4, 0.5) is 5.69 Å². The van der Waals surface area contributed by atoms with Gasteiger partial charge in [-0.1, -0.05) is 0 Å². The van der Waals surface area contributed by atoms with E-state index in [1.54, 1.807) is 26.2 Å². The number of carbonyl (C=O) groups is 1. The van der Waals surface area contributed by atoms with Crippen molar-refractivity contribution < 1.29 is 33.2 Å². The second-order valence-electron chi connectivity index (χ2n) is 8.74. The van der Waals surface area contributed by atoms with Gasteiger partial charge in [0.05, 0.1) is 25.9 Å². The molecule has 0 aromatic heterocycles. The smallest absolute Gasteiger partial charge is 0.259 e. The first kappa shape index (κ1) is 23.0. The fourth-order valence-electron chi connectivity index (χ4n) is 4.03. The second kappa shape index (κ2) is 8.80. The molecule has 0 N–H and O–H groups in total. The molecule has 0 unspecified atom stereocenters. The molecular weight excluding hydrogens is 390 g/mol. The molecule has 168 valence electrons. The highest BCUT2D eigenvalue weighted by atomic mass is 16.8. The number of rotatable bonds is 8. The van der Waals surface area contributed by atoms with Crippen molar-refractivity contribution in [1.82, 2.24) is 0 Å². The summed E-state index contributed by atoms with van der Waals surface area (Å²) in [5, 5.41) is 0. The average Bonchev–Trinajstić information content (AvgIpc) is 3.00.